The van der Waals surface area contributed by atoms with Gasteiger partial charge in [0.2, 0.25) is 0 Å². The zero-order chi connectivity index (χ0) is 11.6. The van der Waals surface area contributed by atoms with Gasteiger partial charge in [-0.1, -0.05) is 20.8 Å². The molecule has 0 aliphatic carbocycles. The van der Waals surface area contributed by atoms with E-state index in [9.17, 15) is 4.79 Å². The third-order valence-corrected chi connectivity index (χ3v) is 2.37. The fourth-order valence-corrected chi connectivity index (χ4v) is 1.19. The number of ketones is 1. The Morgan fingerprint density at radius 2 is 2.07 bits per heavy atom. The van der Waals surface area contributed by atoms with Crippen LogP contribution < -0.4 is 0 Å². The average molecular weight is 208 g/mol. The number of carbonyl (C=O) groups is 1. The summed E-state index contributed by atoms with van der Waals surface area (Å²) in [5.74, 6) is 0.233. The highest BCUT2D eigenvalue weighted by Gasteiger charge is 2.22. The van der Waals surface area contributed by atoms with Crippen LogP contribution in [0.1, 0.15) is 46.4 Å². The van der Waals surface area contributed by atoms with Crippen molar-refractivity contribution in [2.45, 2.75) is 47.1 Å². The summed E-state index contributed by atoms with van der Waals surface area (Å²) in [7, 11) is 0. The first kappa shape index (κ1) is 12.0. The van der Waals surface area contributed by atoms with Gasteiger partial charge in [-0.15, -0.1) is 0 Å². The van der Waals surface area contributed by atoms with Crippen molar-refractivity contribution in [3.63, 3.8) is 0 Å². The second kappa shape index (κ2) is 4.17. The number of aromatic nitrogens is 2. The highest BCUT2D eigenvalue weighted by molar-refractivity contribution is 5.85. The molecule has 0 aliphatic rings. The quantitative estimate of drug-likeness (QED) is 0.765. The molecule has 0 unspecified atom stereocenters. The van der Waals surface area contributed by atoms with E-state index in [1.807, 2.05) is 37.7 Å². The topological polar surface area (TPSA) is 34.9 Å². The highest BCUT2D eigenvalue weighted by Crippen LogP contribution is 2.17. The highest BCUT2D eigenvalue weighted by atomic mass is 16.1. The summed E-state index contributed by atoms with van der Waals surface area (Å²) >= 11 is 0. The monoisotopic (exact) mass is 208 g/mol. The number of hydrogen-bond donors (Lipinski definition) is 0. The third kappa shape index (κ3) is 3.18. The Morgan fingerprint density at radius 3 is 2.47 bits per heavy atom. The summed E-state index contributed by atoms with van der Waals surface area (Å²) < 4.78 is 1.88. The van der Waals surface area contributed by atoms with Gasteiger partial charge in [-0.3, -0.25) is 9.48 Å². The molecule has 0 spiro atoms. The summed E-state index contributed by atoms with van der Waals surface area (Å²) in [5, 5.41) is 4.36. The molecule has 0 saturated carbocycles. The lowest BCUT2D eigenvalue weighted by Gasteiger charge is -2.15. The number of rotatable bonds is 3. The Labute approximate surface area is 91.5 Å². The summed E-state index contributed by atoms with van der Waals surface area (Å²) in [6, 6.07) is 2.27. The molecule has 1 rings (SSSR count). The molecule has 3 nitrogen and oxygen atoms in total. The van der Waals surface area contributed by atoms with Crippen molar-refractivity contribution in [3.05, 3.63) is 18.0 Å². The van der Waals surface area contributed by atoms with Crippen LogP contribution in [-0.4, -0.2) is 15.6 Å². The first-order valence-electron chi connectivity index (χ1n) is 5.38. The van der Waals surface area contributed by atoms with Gasteiger partial charge in [-0.05, 0) is 19.9 Å². The molecule has 1 heterocycles. The molecule has 0 bridgehead atoms. The van der Waals surface area contributed by atoms with Crippen LogP contribution in [0.5, 0.6) is 0 Å². The van der Waals surface area contributed by atoms with E-state index in [4.69, 9.17) is 0 Å². The molecule has 0 fully saturated rings. The van der Waals surface area contributed by atoms with Crippen LogP contribution in [0, 0.1) is 5.41 Å². The van der Waals surface area contributed by atoms with E-state index in [0.29, 0.717) is 12.5 Å². The van der Waals surface area contributed by atoms with Crippen molar-refractivity contribution in [3.8, 4) is 0 Å². The largest absolute Gasteiger partial charge is 0.299 e. The molecular formula is C12H20N2O. The normalized spacial score (nSPS) is 12.1. The van der Waals surface area contributed by atoms with Crippen molar-refractivity contribution in [1.82, 2.24) is 9.78 Å². The number of carbonyl (C=O) groups excluding carboxylic acids is 1. The number of Topliss-reactive ketones (excluding diaryl/α,β-unsaturated/α-hetero) is 1. The molecule has 0 amide bonds. The second-order valence-electron chi connectivity index (χ2n) is 5.23. The fraction of sp³-hybridized carbons (Fsp3) is 0.667. The Morgan fingerprint density at radius 1 is 1.47 bits per heavy atom. The predicted molar refractivity (Wildman–Crippen MR) is 60.8 cm³/mol. The van der Waals surface area contributed by atoms with Gasteiger partial charge in [0.15, 0.2) is 0 Å². The van der Waals surface area contributed by atoms with Crippen LogP contribution in [0.25, 0.3) is 0 Å². The molecule has 84 valence electrons. The molecule has 1 aromatic heterocycles. The van der Waals surface area contributed by atoms with Crippen molar-refractivity contribution in [2.24, 2.45) is 5.41 Å². The predicted octanol–water partition coefficient (Wildman–Crippen LogP) is 2.62. The SMILES string of the molecule is CC(C)n1ccc(CC(=O)C(C)(C)C)n1. The van der Waals surface area contributed by atoms with E-state index in [2.05, 4.69) is 18.9 Å². The van der Waals surface area contributed by atoms with E-state index in [1.165, 1.54) is 0 Å². The molecule has 0 aliphatic heterocycles. The Balaban J connectivity index is 2.70. The number of nitrogens with zero attached hydrogens (tertiary/aromatic N) is 2. The van der Waals surface area contributed by atoms with Crippen LogP contribution in [0.2, 0.25) is 0 Å². The summed E-state index contributed by atoms with van der Waals surface area (Å²) in [6.45, 7) is 9.96. The first-order chi connectivity index (χ1) is 6.80. The van der Waals surface area contributed by atoms with E-state index >= 15 is 0 Å². The first-order valence-corrected chi connectivity index (χ1v) is 5.38. The van der Waals surface area contributed by atoms with Crippen LogP contribution in [-0.2, 0) is 11.2 Å². The van der Waals surface area contributed by atoms with Crippen molar-refractivity contribution >= 4 is 5.78 Å². The maximum Gasteiger partial charge on any atom is 0.144 e. The van der Waals surface area contributed by atoms with Gasteiger partial charge < -0.3 is 0 Å². The molecule has 0 radical (unpaired) electrons. The molecule has 1 aromatic rings. The van der Waals surface area contributed by atoms with E-state index in [1.54, 1.807) is 0 Å². The van der Waals surface area contributed by atoms with Crippen LogP contribution in [0.15, 0.2) is 12.3 Å². The summed E-state index contributed by atoms with van der Waals surface area (Å²) in [6.07, 6.45) is 2.36. The minimum atomic E-state index is -0.276. The fourth-order valence-electron chi connectivity index (χ4n) is 1.19. The second-order valence-corrected chi connectivity index (χ2v) is 5.23. The summed E-state index contributed by atoms with van der Waals surface area (Å²) in [4.78, 5) is 11.8. The number of hydrogen-bond acceptors (Lipinski definition) is 2. The van der Waals surface area contributed by atoms with Crippen molar-refractivity contribution in [1.29, 1.82) is 0 Å². The Kier molecular flexibility index (Phi) is 3.32. The van der Waals surface area contributed by atoms with E-state index in [0.717, 1.165) is 5.69 Å². The molecule has 0 atom stereocenters. The van der Waals surface area contributed by atoms with Crippen molar-refractivity contribution < 1.29 is 4.79 Å². The molecule has 15 heavy (non-hydrogen) atoms. The molecule has 3 heteroatoms. The molecular weight excluding hydrogens is 188 g/mol. The smallest absolute Gasteiger partial charge is 0.144 e. The van der Waals surface area contributed by atoms with Gasteiger partial charge >= 0.3 is 0 Å². The molecule has 0 saturated heterocycles. The molecule has 0 aromatic carbocycles. The van der Waals surface area contributed by atoms with Gasteiger partial charge in [0.05, 0.1) is 12.1 Å². The van der Waals surface area contributed by atoms with Gasteiger partial charge in [0, 0.05) is 17.7 Å². The lowest BCUT2D eigenvalue weighted by atomic mass is 9.88. The van der Waals surface area contributed by atoms with Gasteiger partial charge in [-0.25, -0.2) is 0 Å². The van der Waals surface area contributed by atoms with E-state index in [-0.39, 0.29) is 11.2 Å². The van der Waals surface area contributed by atoms with Crippen LogP contribution in [0.4, 0.5) is 0 Å². The summed E-state index contributed by atoms with van der Waals surface area (Å²) in [5.41, 5.74) is 0.588. The lowest BCUT2D eigenvalue weighted by molar-refractivity contribution is -0.125. The Hall–Kier alpha value is -1.12. The maximum absolute atomic E-state index is 11.8. The average Bonchev–Trinajstić information content (AvgIpc) is 2.50. The van der Waals surface area contributed by atoms with Gasteiger partial charge in [0.1, 0.15) is 5.78 Å². The zero-order valence-corrected chi connectivity index (χ0v) is 10.2. The van der Waals surface area contributed by atoms with Crippen LogP contribution >= 0.6 is 0 Å². The lowest BCUT2D eigenvalue weighted by Crippen LogP contribution is -2.22. The zero-order valence-electron chi connectivity index (χ0n) is 10.2. The van der Waals surface area contributed by atoms with Gasteiger partial charge in [0.25, 0.3) is 0 Å². The maximum atomic E-state index is 11.8. The minimum absolute atomic E-state index is 0.233. The van der Waals surface area contributed by atoms with Crippen molar-refractivity contribution in [2.75, 3.05) is 0 Å². The Bertz CT molecular complexity index is 345. The third-order valence-electron chi connectivity index (χ3n) is 2.37. The van der Waals surface area contributed by atoms with E-state index < -0.39 is 0 Å². The minimum Gasteiger partial charge on any atom is -0.299 e. The standard InChI is InChI=1S/C12H20N2O/c1-9(2)14-7-6-10(13-14)8-11(15)12(3,4)5/h6-7,9H,8H2,1-5H3. The van der Waals surface area contributed by atoms with Crippen LogP contribution in [0.3, 0.4) is 0 Å². The molecule has 0 N–H and O–H groups in total. The van der Waals surface area contributed by atoms with Gasteiger partial charge in [-0.2, -0.15) is 5.10 Å².